The van der Waals surface area contributed by atoms with E-state index in [4.69, 9.17) is 9.52 Å². The Labute approximate surface area is 156 Å². The minimum atomic E-state index is -0.878. The second-order valence-corrected chi connectivity index (χ2v) is 7.10. The summed E-state index contributed by atoms with van der Waals surface area (Å²) in [4.78, 5) is 37.6. The van der Waals surface area contributed by atoms with E-state index in [0.717, 1.165) is 10.9 Å². The van der Waals surface area contributed by atoms with E-state index in [1.165, 1.54) is 0 Å². The van der Waals surface area contributed by atoms with Crippen LogP contribution in [0.1, 0.15) is 36.0 Å². The molecule has 2 N–H and O–H groups in total. The van der Waals surface area contributed by atoms with Crippen molar-refractivity contribution in [1.82, 2.24) is 4.90 Å². The Bertz CT molecular complexity index is 961. The fraction of sp³-hybridized carbons (Fsp3) is 0.450. The number of carboxylic acid groups (broad SMARTS) is 1. The number of fused-ring (bicyclic) bond motifs is 1. The zero-order chi connectivity index (χ0) is 19.7. The maximum Gasteiger partial charge on any atom is 0.339 e. The van der Waals surface area contributed by atoms with E-state index in [9.17, 15) is 19.5 Å². The summed E-state index contributed by atoms with van der Waals surface area (Å²) in [6.07, 6.45) is 1.61. The monoisotopic (exact) mass is 373 g/mol. The number of nitrogens with zero attached hydrogens (tertiary/aromatic N) is 1. The van der Waals surface area contributed by atoms with E-state index < -0.39 is 17.5 Å². The first kappa shape index (κ1) is 18.9. The van der Waals surface area contributed by atoms with Gasteiger partial charge in [0.25, 0.3) is 0 Å². The number of phenols is 1. The summed E-state index contributed by atoms with van der Waals surface area (Å²) < 4.78 is 5.39. The second-order valence-electron chi connectivity index (χ2n) is 7.10. The molecule has 0 bridgehead atoms. The molecule has 1 aliphatic heterocycles. The lowest BCUT2D eigenvalue weighted by Crippen LogP contribution is -2.42. The Hall–Kier alpha value is -2.83. The number of carbonyl (C=O) groups is 2. The standard InChI is InChI=1S/C20H23NO6/c1-11-14-5-7-16(22)12(2)18(14)27-20(26)15(11)6-8-17(23)21-9-3-4-13(10-21)19(24)25/h5,7,13,22H,3-4,6,8-10H2,1-2H3,(H,24,25). The number of hydrogen-bond acceptors (Lipinski definition) is 5. The molecule has 2 heterocycles. The topological polar surface area (TPSA) is 108 Å². The quantitative estimate of drug-likeness (QED) is 0.797. The summed E-state index contributed by atoms with van der Waals surface area (Å²) >= 11 is 0. The first-order chi connectivity index (χ1) is 12.8. The molecular weight excluding hydrogens is 350 g/mol. The third kappa shape index (κ3) is 3.67. The van der Waals surface area contributed by atoms with E-state index in [0.29, 0.717) is 36.1 Å². The molecule has 1 aliphatic rings. The zero-order valence-corrected chi connectivity index (χ0v) is 15.4. The molecule has 0 radical (unpaired) electrons. The van der Waals surface area contributed by atoms with E-state index in [-0.39, 0.29) is 31.0 Å². The summed E-state index contributed by atoms with van der Waals surface area (Å²) in [6, 6.07) is 3.25. The number of rotatable bonds is 4. The summed E-state index contributed by atoms with van der Waals surface area (Å²) in [6.45, 7) is 4.25. The molecule has 2 aromatic rings. The highest BCUT2D eigenvalue weighted by Crippen LogP contribution is 2.28. The van der Waals surface area contributed by atoms with Gasteiger partial charge in [-0.1, -0.05) is 0 Å². The number of aromatic hydroxyl groups is 1. The molecule has 27 heavy (non-hydrogen) atoms. The van der Waals surface area contributed by atoms with Crippen LogP contribution in [-0.2, 0) is 16.0 Å². The lowest BCUT2D eigenvalue weighted by Gasteiger charge is -2.30. The molecule has 1 aromatic carbocycles. The van der Waals surface area contributed by atoms with Gasteiger partial charge in [0, 0.05) is 36.0 Å². The number of amides is 1. The average Bonchev–Trinajstić information content (AvgIpc) is 2.64. The van der Waals surface area contributed by atoms with Gasteiger partial charge in [-0.3, -0.25) is 9.59 Å². The molecule has 3 rings (SSSR count). The molecule has 1 amide bonds. The molecule has 144 valence electrons. The molecule has 7 heteroatoms. The van der Waals surface area contributed by atoms with Gasteiger partial charge in [0.15, 0.2) is 0 Å². The SMILES string of the molecule is Cc1c(CCC(=O)N2CCCC(C(=O)O)C2)c(=O)oc2c(C)c(O)ccc12. The van der Waals surface area contributed by atoms with E-state index in [1.807, 2.05) is 0 Å². The summed E-state index contributed by atoms with van der Waals surface area (Å²) in [7, 11) is 0. The van der Waals surface area contributed by atoms with Crippen LogP contribution in [0.3, 0.4) is 0 Å². The molecule has 0 saturated carbocycles. The van der Waals surface area contributed by atoms with Crippen molar-refractivity contribution in [3.63, 3.8) is 0 Å². The summed E-state index contributed by atoms with van der Waals surface area (Å²) in [5, 5.41) is 19.7. The predicted octanol–water partition coefficient (Wildman–Crippen LogP) is 2.37. The maximum absolute atomic E-state index is 12.5. The number of likely N-dealkylation sites (tertiary alicyclic amines) is 1. The maximum atomic E-state index is 12.5. The number of hydrogen-bond donors (Lipinski definition) is 2. The fourth-order valence-electron chi connectivity index (χ4n) is 3.66. The largest absolute Gasteiger partial charge is 0.508 e. The van der Waals surface area contributed by atoms with Gasteiger partial charge in [-0.15, -0.1) is 0 Å². The minimum Gasteiger partial charge on any atom is -0.508 e. The first-order valence-corrected chi connectivity index (χ1v) is 9.05. The van der Waals surface area contributed by atoms with Crippen LogP contribution < -0.4 is 5.63 Å². The van der Waals surface area contributed by atoms with Crippen LogP contribution in [0, 0.1) is 19.8 Å². The number of phenolic OH excluding ortho intramolecular Hbond substituents is 1. The molecule has 1 aromatic heterocycles. The second kappa shape index (κ2) is 7.42. The first-order valence-electron chi connectivity index (χ1n) is 9.05. The predicted molar refractivity (Wildman–Crippen MR) is 98.9 cm³/mol. The van der Waals surface area contributed by atoms with Crippen molar-refractivity contribution in [3.05, 3.63) is 39.2 Å². The Morgan fingerprint density at radius 1 is 1.26 bits per heavy atom. The Kier molecular flexibility index (Phi) is 5.21. The van der Waals surface area contributed by atoms with Crippen LogP contribution in [0.25, 0.3) is 11.0 Å². The van der Waals surface area contributed by atoms with Gasteiger partial charge >= 0.3 is 11.6 Å². The molecule has 0 aliphatic carbocycles. The zero-order valence-electron chi connectivity index (χ0n) is 15.4. The van der Waals surface area contributed by atoms with Crippen LogP contribution in [0.4, 0.5) is 0 Å². The van der Waals surface area contributed by atoms with E-state index in [1.54, 1.807) is 30.9 Å². The van der Waals surface area contributed by atoms with E-state index >= 15 is 0 Å². The molecular formula is C20H23NO6. The molecule has 1 saturated heterocycles. The average molecular weight is 373 g/mol. The number of benzene rings is 1. The van der Waals surface area contributed by atoms with Crippen LogP contribution in [0.5, 0.6) is 5.75 Å². The van der Waals surface area contributed by atoms with Crippen molar-refractivity contribution in [2.45, 2.75) is 39.5 Å². The van der Waals surface area contributed by atoms with Gasteiger partial charge in [-0.2, -0.15) is 0 Å². The number of aryl methyl sites for hydroxylation is 2. The highest BCUT2D eigenvalue weighted by Gasteiger charge is 2.28. The molecule has 7 nitrogen and oxygen atoms in total. The summed E-state index contributed by atoms with van der Waals surface area (Å²) in [5.41, 5.74) is 1.52. The highest BCUT2D eigenvalue weighted by atomic mass is 16.4. The lowest BCUT2D eigenvalue weighted by atomic mass is 9.97. The third-order valence-electron chi connectivity index (χ3n) is 5.39. The highest BCUT2D eigenvalue weighted by molar-refractivity contribution is 5.85. The lowest BCUT2D eigenvalue weighted by molar-refractivity contribution is -0.145. The van der Waals surface area contributed by atoms with Crippen molar-refractivity contribution >= 4 is 22.8 Å². The minimum absolute atomic E-state index is 0.0612. The molecule has 1 fully saturated rings. The Balaban J connectivity index is 1.79. The van der Waals surface area contributed by atoms with Crippen molar-refractivity contribution in [3.8, 4) is 5.75 Å². The van der Waals surface area contributed by atoms with Crippen LogP contribution in [0.2, 0.25) is 0 Å². The van der Waals surface area contributed by atoms with Gasteiger partial charge in [-0.05, 0) is 50.8 Å². The summed E-state index contributed by atoms with van der Waals surface area (Å²) in [5.74, 6) is -1.49. The van der Waals surface area contributed by atoms with Crippen LogP contribution >= 0.6 is 0 Å². The van der Waals surface area contributed by atoms with Crippen molar-refractivity contribution in [2.24, 2.45) is 5.92 Å². The van der Waals surface area contributed by atoms with Gasteiger partial charge in [0.2, 0.25) is 5.91 Å². The van der Waals surface area contributed by atoms with Crippen LogP contribution in [0.15, 0.2) is 21.3 Å². The number of carbonyl (C=O) groups excluding carboxylic acids is 1. The van der Waals surface area contributed by atoms with Crippen molar-refractivity contribution in [1.29, 1.82) is 0 Å². The van der Waals surface area contributed by atoms with Crippen molar-refractivity contribution < 1.29 is 24.2 Å². The van der Waals surface area contributed by atoms with E-state index in [2.05, 4.69) is 0 Å². The fourth-order valence-corrected chi connectivity index (χ4v) is 3.66. The number of piperidine rings is 1. The van der Waals surface area contributed by atoms with Gasteiger partial charge in [-0.25, -0.2) is 4.79 Å². The Morgan fingerprint density at radius 2 is 2.00 bits per heavy atom. The van der Waals surface area contributed by atoms with Gasteiger partial charge in [0.1, 0.15) is 11.3 Å². The number of carboxylic acids is 1. The van der Waals surface area contributed by atoms with Crippen LogP contribution in [-0.4, -0.2) is 40.1 Å². The van der Waals surface area contributed by atoms with Crippen molar-refractivity contribution in [2.75, 3.05) is 13.1 Å². The number of aliphatic carboxylic acids is 1. The third-order valence-corrected chi connectivity index (χ3v) is 5.39. The van der Waals surface area contributed by atoms with Gasteiger partial charge < -0.3 is 19.5 Å². The normalized spacial score (nSPS) is 17.3. The van der Waals surface area contributed by atoms with Gasteiger partial charge in [0.05, 0.1) is 5.92 Å². The molecule has 0 spiro atoms. The smallest absolute Gasteiger partial charge is 0.339 e. The molecule has 1 unspecified atom stereocenters. The molecule has 1 atom stereocenters. The Morgan fingerprint density at radius 3 is 2.70 bits per heavy atom.